The third kappa shape index (κ3) is 4.55. The van der Waals surface area contributed by atoms with Crippen molar-refractivity contribution in [3.05, 3.63) is 28.8 Å². The minimum absolute atomic E-state index is 0.0219. The largest absolute Gasteiger partial charge is 0.444 e. The van der Waals surface area contributed by atoms with E-state index in [0.29, 0.717) is 25.0 Å². The highest BCUT2D eigenvalue weighted by molar-refractivity contribution is 14.2. The summed E-state index contributed by atoms with van der Waals surface area (Å²) in [4.78, 5) is 16.9. The van der Waals surface area contributed by atoms with Crippen LogP contribution in [0.2, 0.25) is 5.02 Å². The summed E-state index contributed by atoms with van der Waals surface area (Å²) in [5.74, 6) is 0.462. The van der Waals surface area contributed by atoms with Crippen LogP contribution in [0.5, 0.6) is 0 Å². The molecular formula is C29H37ClFIN7O2P. The molecule has 0 bridgehead atoms. The normalized spacial score (nSPS) is 21.8. The van der Waals surface area contributed by atoms with Crippen LogP contribution in [0.15, 0.2) is 12.3 Å². The smallest absolute Gasteiger partial charge is 0.410 e. The molecule has 4 aliphatic rings. The summed E-state index contributed by atoms with van der Waals surface area (Å²) in [6, 6.07) is 1.71. The highest BCUT2D eigenvalue weighted by Gasteiger charge is 2.56. The van der Waals surface area contributed by atoms with Gasteiger partial charge in [-0.05, 0) is 81.8 Å². The molecule has 226 valence electrons. The Balaban J connectivity index is 1.27. The lowest BCUT2D eigenvalue weighted by atomic mass is 9.61. The number of likely N-dealkylation sites (tertiary alicyclic amines) is 1. The molecule has 1 unspecified atom stereocenters. The third-order valence-corrected chi connectivity index (χ3v) is 12.0. The molecule has 2 saturated heterocycles. The van der Waals surface area contributed by atoms with Crippen LogP contribution in [0.4, 0.5) is 15.0 Å². The van der Waals surface area contributed by atoms with Crippen molar-refractivity contribution in [3.8, 4) is 11.1 Å². The fraction of sp³-hybridized carbons (Fsp3) is 0.621. The molecule has 7 rings (SSSR count). The molecule has 1 atom stereocenters. The summed E-state index contributed by atoms with van der Waals surface area (Å²) in [5.41, 5.74) is 2.98. The number of rotatable bonds is 4. The molecule has 4 fully saturated rings. The molecule has 2 aromatic heterocycles. The van der Waals surface area contributed by atoms with E-state index in [0.717, 1.165) is 73.3 Å². The van der Waals surface area contributed by atoms with Crippen molar-refractivity contribution in [1.29, 1.82) is 0 Å². The summed E-state index contributed by atoms with van der Waals surface area (Å²) >= 11 is 9.11. The maximum atomic E-state index is 15.5. The Morgan fingerprint density at radius 2 is 2.00 bits per heavy atom. The number of fused-ring (bicyclic) bond motifs is 1. The molecule has 1 aromatic carbocycles. The molecule has 2 spiro atoms. The number of amides is 1. The number of ether oxygens (including phenoxy) is 1. The minimum Gasteiger partial charge on any atom is -0.444 e. The molecule has 4 heterocycles. The number of piperazine rings is 1. The SMILES string of the molecule is Cc1c(-c2c(Cl)c(F)cc3c2cnn3PI)c(N2CCNCC23CCC3)nn1C1CC2(C1)CN(C(=O)OC(C)(C)C)C2. The number of hydrogen-bond acceptors (Lipinski definition) is 6. The third-order valence-electron chi connectivity index (χ3n) is 9.70. The van der Waals surface area contributed by atoms with Crippen molar-refractivity contribution in [2.45, 2.75) is 77.0 Å². The average Bonchev–Trinajstić information content (AvgIpc) is 3.41. The van der Waals surface area contributed by atoms with Gasteiger partial charge in [-0.15, -0.1) is 0 Å². The first-order valence-electron chi connectivity index (χ1n) is 14.7. The Bertz CT molecular complexity index is 1570. The van der Waals surface area contributed by atoms with Gasteiger partial charge in [-0.25, -0.2) is 13.6 Å². The van der Waals surface area contributed by atoms with Gasteiger partial charge in [0, 0.05) is 66.4 Å². The molecule has 2 aliphatic heterocycles. The topological polar surface area (TPSA) is 80.5 Å². The number of aromatic nitrogens is 4. The van der Waals surface area contributed by atoms with Gasteiger partial charge in [-0.2, -0.15) is 10.2 Å². The predicted molar refractivity (Wildman–Crippen MR) is 174 cm³/mol. The lowest BCUT2D eigenvalue weighted by Gasteiger charge is -2.58. The lowest BCUT2D eigenvalue weighted by molar-refractivity contribution is -0.0930. The Hall–Kier alpha value is -1.69. The molecule has 1 amide bonds. The van der Waals surface area contributed by atoms with Gasteiger partial charge < -0.3 is 19.9 Å². The molecule has 2 aliphatic carbocycles. The summed E-state index contributed by atoms with van der Waals surface area (Å²) in [7, 11) is 0. The first-order valence-corrected chi connectivity index (χ1v) is 19.2. The Morgan fingerprint density at radius 1 is 1.26 bits per heavy atom. The van der Waals surface area contributed by atoms with Gasteiger partial charge in [-0.1, -0.05) is 11.6 Å². The van der Waals surface area contributed by atoms with Gasteiger partial charge in [0.2, 0.25) is 0 Å². The fourth-order valence-corrected chi connectivity index (χ4v) is 9.34. The van der Waals surface area contributed by atoms with E-state index in [1.165, 1.54) is 12.5 Å². The lowest BCUT2D eigenvalue weighted by Crippen LogP contribution is -2.65. The Kier molecular flexibility index (Phi) is 7.03. The first-order chi connectivity index (χ1) is 19.9. The average molecular weight is 728 g/mol. The molecule has 42 heavy (non-hydrogen) atoms. The highest BCUT2D eigenvalue weighted by atomic mass is 127. The second kappa shape index (κ2) is 10.2. The zero-order valence-corrected chi connectivity index (χ0v) is 28.4. The van der Waals surface area contributed by atoms with Gasteiger partial charge >= 0.3 is 6.09 Å². The summed E-state index contributed by atoms with van der Waals surface area (Å²) in [6.07, 6.45) is 7.23. The van der Waals surface area contributed by atoms with Crippen LogP contribution in [-0.2, 0) is 4.74 Å². The van der Waals surface area contributed by atoms with E-state index in [1.807, 2.05) is 36.3 Å². The van der Waals surface area contributed by atoms with E-state index >= 15 is 4.39 Å². The molecule has 3 aromatic rings. The van der Waals surface area contributed by atoms with Crippen LogP contribution in [0.1, 0.15) is 64.6 Å². The first kappa shape index (κ1) is 29.0. The van der Waals surface area contributed by atoms with E-state index in [9.17, 15) is 4.79 Å². The number of benzene rings is 1. The molecular weight excluding hydrogens is 691 g/mol. The van der Waals surface area contributed by atoms with Crippen molar-refractivity contribution >= 4 is 62.8 Å². The highest BCUT2D eigenvalue weighted by Crippen LogP contribution is 2.56. The van der Waals surface area contributed by atoms with E-state index in [4.69, 9.17) is 21.4 Å². The van der Waals surface area contributed by atoms with Crippen molar-refractivity contribution < 1.29 is 13.9 Å². The maximum Gasteiger partial charge on any atom is 0.410 e. The standard InChI is InChI=1S/C29H37ClFIN7O2P/c1-17-22(23-19-13-34-39(42-32)21(19)10-20(31)24(23)30)25(37-9-8-33-14-29(37)6-5-7-29)35-38(17)18-11-28(12-18)15-36(16-28)26(40)41-27(2,3)4/h10,13,18,33,42H,5-9,11-12,14-16H2,1-4H3. The zero-order chi connectivity index (χ0) is 29.6. The molecule has 2 saturated carbocycles. The van der Waals surface area contributed by atoms with Crippen molar-refractivity contribution in [2.24, 2.45) is 5.41 Å². The van der Waals surface area contributed by atoms with Crippen LogP contribution in [-0.4, -0.2) is 74.2 Å². The van der Waals surface area contributed by atoms with E-state index in [1.54, 1.807) is 0 Å². The van der Waals surface area contributed by atoms with Crippen LogP contribution < -0.4 is 10.2 Å². The molecule has 13 heteroatoms. The van der Waals surface area contributed by atoms with E-state index < -0.39 is 11.4 Å². The summed E-state index contributed by atoms with van der Waals surface area (Å²) < 4.78 is 25.0. The van der Waals surface area contributed by atoms with Crippen molar-refractivity contribution in [3.63, 3.8) is 0 Å². The van der Waals surface area contributed by atoms with Crippen LogP contribution in [0, 0.1) is 18.2 Å². The van der Waals surface area contributed by atoms with Gasteiger partial charge in [0.15, 0.2) is 5.82 Å². The van der Waals surface area contributed by atoms with Gasteiger partial charge in [0.25, 0.3) is 0 Å². The van der Waals surface area contributed by atoms with Crippen LogP contribution >= 0.6 is 40.0 Å². The molecule has 1 N–H and O–H groups in total. The zero-order valence-electron chi connectivity index (χ0n) is 24.4. The van der Waals surface area contributed by atoms with Gasteiger partial charge in [0.1, 0.15) is 11.4 Å². The van der Waals surface area contributed by atoms with Crippen LogP contribution in [0.25, 0.3) is 22.0 Å². The number of carbonyl (C=O) groups is 1. The summed E-state index contributed by atoms with van der Waals surface area (Å²) in [6.45, 7) is 11.9. The predicted octanol–water partition coefficient (Wildman–Crippen LogP) is 6.70. The Labute approximate surface area is 265 Å². The number of anilines is 1. The second-order valence-corrected chi connectivity index (χ2v) is 16.1. The quantitative estimate of drug-likeness (QED) is 0.238. The van der Waals surface area contributed by atoms with Crippen molar-refractivity contribution in [1.82, 2.24) is 29.5 Å². The monoisotopic (exact) mass is 727 g/mol. The van der Waals surface area contributed by atoms with Gasteiger partial charge in [0.05, 0.1) is 34.7 Å². The number of hydrogen-bond donors (Lipinski definition) is 1. The number of nitrogens with one attached hydrogen (secondary N) is 1. The molecule has 0 radical (unpaired) electrons. The maximum absolute atomic E-state index is 15.5. The fourth-order valence-electron chi connectivity index (χ4n) is 7.56. The summed E-state index contributed by atoms with van der Waals surface area (Å²) in [5, 5.41) is 14.5. The van der Waals surface area contributed by atoms with E-state index in [-0.39, 0.29) is 28.1 Å². The number of halogens is 3. The second-order valence-electron chi connectivity index (χ2n) is 13.7. The minimum atomic E-state index is -0.500. The Morgan fingerprint density at radius 3 is 2.64 bits per heavy atom. The van der Waals surface area contributed by atoms with Gasteiger partial charge in [-0.3, -0.25) is 4.68 Å². The van der Waals surface area contributed by atoms with Crippen molar-refractivity contribution in [2.75, 3.05) is 37.6 Å². The molecule has 9 nitrogen and oxygen atoms in total. The number of nitrogens with zero attached hydrogens (tertiary/aromatic N) is 6. The number of carbonyl (C=O) groups excluding carboxylic acids is 1. The van der Waals surface area contributed by atoms with Crippen LogP contribution in [0.3, 0.4) is 0 Å². The van der Waals surface area contributed by atoms with E-state index in [2.05, 4.69) is 49.0 Å².